The molecule has 6 heteroatoms. The second kappa shape index (κ2) is 10.3. The van der Waals surface area contributed by atoms with Crippen LogP contribution in [0.3, 0.4) is 0 Å². The van der Waals surface area contributed by atoms with Crippen LogP contribution in [0.1, 0.15) is 19.4 Å². The zero-order valence-corrected chi connectivity index (χ0v) is 17.2. The molecular formula is C21H37N5O. The maximum atomic E-state index is 6.19. The Bertz CT molecular complexity index is 566. The minimum atomic E-state index is 0.728. The summed E-state index contributed by atoms with van der Waals surface area (Å²) in [6, 6.07) is 6.12. The van der Waals surface area contributed by atoms with E-state index in [1.807, 2.05) is 12.1 Å². The van der Waals surface area contributed by atoms with Crippen molar-refractivity contribution in [3.05, 3.63) is 23.8 Å². The molecule has 1 aromatic carbocycles. The Labute approximate surface area is 164 Å². The normalized spacial score (nSPS) is 20.8. The first-order chi connectivity index (χ1) is 13.2. The minimum absolute atomic E-state index is 0.728. The average Bonchev–Trinajstić information content (AvgIpc) is 2.71. The number of nitrogens with two attached hydrogens (primary N) is 1. The van der Waals surface area contributed by atoms with Crippen molar-refractivity contribution in [2.45, 2.75) is 20.4 Å². The first-order valence-electron chi connectivity index (χ1n) is 10.6. The summed E-state index contributed by atoms with van der Waals surface area (Å²) in [5.41, 5.74) is 8.06. The smallest absolute Gasteiger partial charge is 0.125 e. The number of hydrogen-bond donors (Lipinski definition) is 1. The summed E-state index contributed by atoms with van der Waals surface area (Å²) in [4.78, 5) is 10.0. The standard InChI is InChI=1S/C21H37N5O/c1-3-23-7-11-25(12-8-23)15-16-27-21-17-20(22)6-5-19(21)18-26-13-9-24(4-2)10-14-26/h5-6,17H,3-4,7-16,18,22H2,1-2H3. The molecule has 152 valence electrons. The van der Waals surface area contributed by atoms with Crippen LogP contribution in [0, 0.1) is 0 Å². The Morgan fingerprint density at radius 2 is 1.37 bits per heavy atom. The van der Waals surface area contributed by atoms with E-state index in [1.165, 1.54) is 18.7 Å². The highest BCUT2D eigenvalue weighted by atomic mass is 16.5. The van der Waals surface area contributed by atoms with Crippen molar-refractivity contribution in [3.63, 3.8) is 0 Å². The number of likely N-dealkylation sites (N-methyl/N-ethyl adjacent to an activating group) is 2. The number of anilines is 1. The number of hydrogen-bond acceptors (Lipinski definition) is 6. The van der Waals surface area contributed by atoms with Gasteiger partial charge in [-0.05, 0) is 19.2 Å². The number of nitrogens with zero attached hydrogens (tertiary/aromatic N) is 4. The van der Waals surface area contributed by atoms with Crippen LogP contribution in [0.2, 0.25) is 0 Å². The lowest BCUT2D eigenvalue weighted by molar-refractivity contribution is 0.118. The molecule has 2 saturated heterocycles. The molecule has 0 radical (unpaired) electrons. The number of ether oxygens (including phenoxy) is 1. The van der Waals surface area contributed by atoms with E-state index in [1.54, 1.807) is 0 Å². The van der Waals surface area contributed by atoms with E-state index in [0.717, 1.165) is 83.5 Å². The summed E-state index contributed by atoms with van der Waals surface area (Å²) in [7, 11) is 0. The second-order valence-electron chi connectivity index (χ2n) is 7.70. The van der Waals surface area contributed by atoms with Crippen molar-refractivity contribution in [2.24, 2.45) is 0 Å². The lowest BCUT2D eigenvalue weighted by atomic mass is 10.1. The van der Waals surface area contributed by atoms with Gasteiger partial charge in [0.25, 0.3) is 0 Å². The molecule has 2 N–H and O–H groups in total. The zero-order valence-electron chi connectivity index (χ0n) is 17.2. The highest BCUT2D eigenvalue weighted by Gasteiger charge is 2.18. The Hall–Kier alpha value is -1.34. The number of benzene rings is 1. The SMILES string of the molecule is CCN1CCN(CCOc2cc(N)ccc2CN2CCN(CC)CC2)CC1. The molecule has 0 spiro atoms. The molecule has 2 aliphatic heterocycles. The highest BCUT2D eigenvalue weighted by Crippen LogP contribution is 2.24. The molecule has 27 heavy (non-hydrogen) atoms. The molecule has 0 bridgehead atoms. The van der Waals surface area contributed by atoms with Crippen molar-refractivity contribution < 1.29 is 4.74 Å². The quantitative estimate of drug-likeness (QED) is 0.694. The number of piperazine rings is 2. The van der Waals surface area contributed by atoms with Gasteiger partial charge in [-0.3, -0.25) is 9.80 Å². The second-order valence-corrected chi connectivity index (χ2v) is 7.70. The van der Waals surface area contributed by atoms with Gasteiger partial charge in [0.15, 0.2) is 0 Å². The van der Waals surface area contributed by atoms with Gasteiger partial charge >= 0.3 is 0 Å². The minimum Gasteiger partial charge on any atom is -0.492 e. The van der Waals surface area contributed by atoms with Crippen molar-refractivity contribution in [2.75, 3.05) is 84.3 Å². The van der Waals surface area contributed by atoms with Gasteiger partial charge in [0.1, 0.15) is 12.4 Å². The predicted octanol–water partition coefficient (Wildman–Crippen LogP) is 1.42. The van der Waals surface area contributed by atoms with Gasteiger partial charge in [0.2, 0.25) is 0 Å². The van der Waals surface area contributed by atoms with Crippen LogP contribution in [0.15, 0.2) is 18.2 Å². The first-order valence-corrected chi connectivity index (χ1v) is 10.6. The van der Waals surface area contributed by atoms with Crippen molar-refractivity contribution in [1.29, 1.82) is 0 Å². The van der Waals surface area contributed by atoms with Crippen molar-refractivity contribution in [3.8, 4) is 5.75 Å². The molecule has 0 unspecified atom stereocenters. The molecule has 6 nitrogen and oxygen atoms in total. The zero-order chi connectivity index (χ0) is 19.1. The average molecular weight is 376 g/mol. The molecule has 2 aliphatic rings. The Morgan fingerprint density at radius 3 is 1.96 bits per heavy atom. The van der Waals surface area contributed by atoms with Gasteiger partial charge in [-0.1, -0.05) is 19.9 Å². The lowest BCUT2D eigenvalue weighted by Gasteiger charge is -2.34. The van der Waals surface area contributed by atoms with Crippen LogP contribution >= 0.6 is 0 Å². The van der Waals surface area contributed by atoms with Gasteiger partial charge in [0.05, 0.1) is 0 Å². The fourth-order valence-corrected chi connectivity index (χ4v) is 3.95. The third kappa shape index (κ3) is 6.07. The Balaban J connectivity index is 1.49. The third-order valence-electron chi connectivity index (χ3n) is 5.97. The number of rotatable bonds is 8. The molecule has 0 saturated carbocycles. The maximum absolute atomic E-state index is 6.19. The van der Waals surface area contributed by atoms with Crippen LogP contribution in [0.4, 0.5) is 5.69 Å². The van der Waals surface area contributed by atoms with E-state index in [9.17, 15) is 0 Å². The fourth-order valence-electron chi connectivity index (χ4n) is 3.95. The Kier molecular flexibility index (Phi) is 7.76. The summed E-state index contributed by atoms with van der Waals surface area (Å²) < 4.78 is 6.19. The molecule has 3 rings (SSSR count). The first kappa shape index (κ1) is 20.4. The number of nitrogen functional groups attached to an aromatic ring is 1. The van der Waals surface area contributed by atoms with E-state index in [0.29, 0.717) is 0 Å². The van der Waals surface area contributed by atoms with E-state index >= 15 is 0 Å². The molecule has 0 aliphatic carbocycles. The van der Waals surface area contributed by atoms with Crippen LogP contribution in [-0.2, 0) is 6.54 Å². The van der Waals surface area contributed by atoms with Crippen LogP contribution in [-0.4, -0.2) is 98.2 Å². The summed E-state index contributed by atoms with van der Waals surface area (Å²) in [6.45, 7) is 18.6. The van der Waals surface area contributed by atoms with E-state index in [2.05, 4.69) is 39.5 Å². The van der Waals surface area contributed by atoms with Gasteiger partial charge in [-0.2, -0.15) is 0 Å². The molecule has 2 heterocycles. The summed E-state index contributed by atoms with van der Waals surface area (Å²) in [5.74, 6) is 0.958. The summed E-state index contributed by atoms with van der Waals surface area (Å²) >= 11 is 0. The predicted molar refractivity (Wildman–Crippen MR) is 112 cm³/mol. The van der Waals surface area contributed by atoms with Crippen molar-refractivity contribution >= 4 is 5.69 Å². The van der Waals surface area contributed by atoms with Gasteiger partial charge in [-0.25, -0.2) is 0 Å². The van der Waals surface area contributed by atoms with Gasteiger partial charge in [-0.15, -0.1) is 0 Å². The molecule has 2 fully saturated rings. The summed E-state index contributed by atoms with van der Waals surface area (Å²) in [6.07, 6.45) is 0. The molecule has 0 amide bonds. The topological polar surface area (TPSA) is 48.2 Å². The molecule has 0 atom stereocenters. The van der Waals surface area contributed by atoms with Crippen LogP contribution in [0.5, 0.6) is 5.75 Å². The van der Waals surface area contributed by atoms with E-state index in [-0.39, 0.29) is 0 Å². The summed E-state index contributed by atoms with van der Waals surface area (Å²) in [5, 5.41) is 0. The molecule has 0 aromatic heterocycles. The molecular weight excluding hydrogens is 338 g/mol. The lowest BCUT2D eigenvalue weighted by Crippen LogP contribution is -2.47. The highest BCUT2D eigenvalue weighted by molar-refractivity contribution is 5.48. The Morgan fingerprint density at radius 1 is 0.815 bits per heavy atom. The largest absolute Gasteiger partial charge is 0.492 e. The van der Waals surface area contributed by atoms with E-state index < -0.39 is 0 Å². The van der Waals surface area contributed by atoms with Gasteiger partial charge < -0.3 is 20.3 Å². The van der Waals surface area contributed by atoms with Crippen LogP contribution < -0.4 is 10.5 Å². The van der Waals surface area contributed by atoms with Crippen molar-refractivity contribution in [1.82, 2.24) is 19.6 Å². The monoisotopic (exact) mass is 375 g/mol. The maximum Gasteiger partial charge on any atom is 0.125 e. The molecule has 1 aromatic rings. The third-order valence-corrected chi connectivity index (χ3v) is 5.97. The fraction of sp³-hybridized carbons (Fsp3) is 0.714. The van der Waals surface area contributed by atoms with E-state index in [4.69, 9.17) is 10.5 Å². The van der Waals surface area contributed by atoms with Gasteiger partial charge in [0, 0.05) is 82.8 Å². The van der Waals surface area contributed by atoms with Crippen LogP contribution in [0.25, 0.3) is 0 Å².